The Hall–Kier alpha value is -1.78. The smallest absolute Gasteiger partial charge is 0.0729 e. The van der Waals surface area contributed by atoms with Crippen molar-refractivity contribution in [3.63, 3.8) is 0 Å². The van der Waals surface area contributed by atoms with E-state index < -0.39 is 0 Å². The molecule has 0 spiro atoms. The highest BCUT2D eigenvalue weighted by atomic mass is 15.3. The maximum Gasteiger partial charge on any atom is 0.0729 e. The number of nitrogens with zero attached hydrogens (tertiary/aromatic N) is 4. The van der Waals surface area contributed by atoms with Crippen molar-refractivity contribution in [2.45, 2.75) is 51.7 Å². The molecule has 102 valence electrons. The molecule has 1 aliphatic rings. The number of aryl methyl sites for hydroxylation is 1. The van der Waals surface area contributed by atoms with Crippen LogP contribution in [-0.4, -0.2) is 19.6 Å². The Morgan fingerprint density at radius 3 is 2.79 bits per heavy atom. The minimum Gasteiger partial charge on any atom is -0.378 e. The summed E-state index contributed by atoms with van der Waals surface area (Å²) in [5.74, 6) is 0. The predicted molar refractivity (Wildman–Crippen MR) is 75.0 cm³/mol. The van der Waals surface area contributed by atoms with Gasteiger partial charge >= 0.3 is 0 Å². The Labute approximate surface area is 113 Å². The third-order valence-electron chi connectivity index (χ3n) is 3.81. The molecule has 1 saturated carbocycles. The lowest BCUT2D eigenvalue weighted by Crippen LogP contribution is -2.04. The van der Waals surface area contributed by atoms with Crippen LogP contribution >= 0.6 is 0 Å². The van der Waals surface area contributed by atoms with Crippen LogP contribution in [0.25, 0.3) is 0 Å². The van der Waals surface area contributed by atoms with E-state index in [-0.39, 0.29) is 0 Å². The zero-order valence-electron chi connectivity index (χ0n) is 11.4. The summed E-state index contributed by atoms with van der Waals surface area (Å²) in [4.78, 5) is 0. The second-order valence-electron chi connectivity index (χ2n) is 5.21. The molecule has 0 aliphatic heterocycles. The molecule has 5 heteroatoms. The van der Waals surface area contributed by atoms with Crippen molar-refractivity contribution in [1.29, 1.82) is 0 Å². The van der Waals surface area contributed by atoms with Gasteiger partial charge in [-0.25, -0.2) is 0 Å². The summed E-state index contributed by atoms with van der Waals surface area (Å²) in [5.41, 5.74) is 2.30. The zero-order chi connectivity index (χ0) is 13.1. The number of aromatic nitrogens is 4. The number of rotatable bonds is 5. The van der Waals surface area contributed by atoms with Crippen LogP contribution in [0.1, 0.15) is 44.2 Å². The second kappa shape index (κ2) is 5.47. The van der Waals surface area contributed by atoms with Gasteiger partial charge in [-0.15, -0.1) is 0 Å². The topological polar surface area (TPSA) is 47.7 Å². The minimum atomic E-state index is 0.622. The fourth-order valence-electron chi connectivity index (χ4n) is 2.67. The van der Waals surface area contributed by atoms with Crippen LogP contribution < -0.4 is 5.32 Å². The summed E-state index contributed by atoms with van der Waals surface area (Å²) in [6.45, 7) is 3.80. The molecule has 0 unspecified atom stereocenters. The van der Waals surface area contributed by atoms with E-state index in [9.17, 15) is 0 Å². The molecule has 0 aromatic carbocycles. The molecule has 2 heterocycles. The van der Waals surface area contributed by atoms with Crippen molar-refractivity contribution in [2.75, 3.05) is 5.32 Å². The number of anilines is 1. The third-order valence-corrected chi connectivity index (χ3v) is 3.81. The second-order valence-corrected chi connectivity index (χ2v) is 5.21. The molecule has 2 aromatic heterocycles. The minimum absolute atomic E-state index is 0.622. The molecule has 0 atom stereocenters. The summed E-state index contributed by atoms with van der Waals surface area (Å²) >= 11 is 0. The Morgan fingerprint density at radius 1 is 1.21 bits per heavy atom. The predicted octanol–water partition coefficient (Wildman–Crippen LogP) is 2.83. The number of nitrogens with one attached hydrogen (secondary N) is 1. The van der Waals surface area contributed by atoms with Gasteiger partial charge in [0.25, 0.3) is 0 Å². The maximum absolute atomic E-state index is 4.49. The maximum atomic E-state index is 4.49. The first kappa shape index (κ1) is 12.3. The molecular weight excluding hydrogens is 238 g/mol. The summed E-state index contributed by atoms with van der Waals surface area (Å²) in [7, 11) is 0. The molecule has 19 heavy (non-hydrogen) atoms. The molecule has 5 nitrogen and oxygen atoms in total. The summed E-state index contributed by atoms with van der Waals surface area (Å²) in [5, 5.41) is 12.1. The first-order valence-corrected chi connectivity index (χ1v) is 7.14. The zero-order valence-corrected chi connectivity index (χ0v) is 11.4. The number of hydrogen-bond acceptors (Lipinski definition) is 3. The van der Waals surface area contributed by atoms with Gasteiger partial charge in [0.15, 0.2) is 0 Å². The first-order valence-electron chi connectivity index (χ1n) is 7.14. The Morgan fingerprint density at radius 2 is 2.05 bits per heavy atom. The van der Waals surface area contributed by atoms with Crippen LogP contribution in [0.4, 0.5) is 5.69 Å². The monoisotopic (exact) mass is 259 g/mol. The lowest BCUT2D eigenvalue weighted by atomic mass is 10.2. The van der Waals surface area contributed by atoms with Gasteiger partial charge in [0.1, 0.15) is 0 Å². The molecule has 0 saturated heterocycles. The normalized spacial score (nSPS) is 16.1. The van der Waals surface area contributed by atoms with Gasteiger partial charge in [0.2, 0.25) is 0 Å². The van der Waals surface area contributed by atoms with Crippen LogP contribution in [0.3, 0.4) is 0 Å². The van der Waals surface area contributed by atoms with Crippen molar-refractivity contribution in [2.24, 2.45) is 0 Å². The standard InChI is InChI=1S/C14H21N5/c1-2-18-11-13(9-16-18)15-7-12-8-17-19(10-12)14-5-3-4-6-14/h8-11,14-15H,2-7H2,1H3. The Kier molecular flexibility index (Phi) is 3.53. The fourth-order valence-corrected chi connectivity index (χ4v) is 2.67. The molecule has 1 N–H and O–H groups in total. The average molecular weight is 259 g/mol. The van der Waals surface area contributed by atoms with E-state index in [4.69, 9.17) is 0 Å². The van der Waals surface area contributed by atoms with Crippen molar-refractivity contribution in [3.05, 3.63) is 30.4 Å². The average Bonchev–Trinajstić information content (AvgIpc) is 3.16. The van der Waals surface area contributed by atoms with Crippen molar-refractivity contribution in [1.82, 2.24) is 19.6 Å². The van der Waals surface area contributed by atoms with E-state index in [1.54, 1.807) is 0 Å². The van der Waals surface area contributed by atoms with Gasteiger partial charge < -0.3 is 5.32 Å². The van der Waals surface area contributed by atoms with Crippen LogP contribution in [0.2, 0.25) is 0 Å². The molecular formula is C14H21N5. The van der Waals surface area contributed by atoms with Crippen LogP contribution in [0.5, 0.6) is 0 Å². The third kappa shape index (κ3) is 2.80. The van der Waals surface area contributed by atoms with Crippen LogP contribution in [0, 0.1) is 0 Å². The van der Waals surface area contributed by atoms with E-state index in [0.29, 0.717) is 6.04 Å². The van der Waals surface area contributed by atoms with E-state index in [1.807, 2.05) is 23.3 Å². The Bertz CT molecular complexity index is 521. The largest absolute Gasteiger partial charge is 0.378 e. The van der Waals surface area contributed by atoms with Crippen molar-refractivity contribution >= 4 is 5.69 Å². The van der Waals surface area contributed by atoms with Crippen molar-refractivity contribution < 1.29 is 0 Å². The molecule has 0 bridgehead atoms. The van der Waals surface area contributed by atoms with E-state index in [0.717, 1.165) is 18.8 Å². The fraction of sp³-hybridized carbons (Fsp3) is 0.571. The summed E-state index contributed by atoms with van der Waals surface area (Å²) < 4.78 is 4.06. The van der Waals surface area contributed by atoms with Gasteiger partial charge in [-0.3, -0.25) is 9.36 Å². The van der Waals surface area contributed by atoms with Gasteiger partial charge in [-0.1, -0.05) is 12.8 Å². The van der Waals surface area contributed by atoms with Crippen molar-refractivity contribution in [3.8, 4) is 0 Å². The summed E-state index contributed by atoms with van der Waals surface area (Å²) in [6, 6.07) is 0.622. The van der Waals surface area contributed by atoms with Crippen LogP contribution in [-0.2, 0) is 13.1 Å². The number of hydrogen-bond donors (Lipinski definition) is 1. The molecule has 2 aromatic rings. The van der Waals surface area contributed by atoms with E-state index >= 15 is 0 Å². The first-order chi connectivity index (χ1) is 9.35. The van der Waals surface area contributed by atoms with Gasteiger partial charge in [0, 0.05) is 31.0 Å². The lowest BCUT2D eigenvalue weighted by Gasteiger charge is -2.08. The molecule has 0 amide bonds. The molecule has 0 radical (unpaired) electrons. The quantitative estimate of drug-likeness (QED) is 0.898. The molecule has 1 aliphatic carbocycles. The van der Waals surface area contributed by atoms with E-state index in [2.05, 4.69) is 33.3 Å². The summed E-state index contributed by atoms with van der Waals surface area (Å²) in [6.07, 6.45) is 13.3. The molecule has 3 rings (SSSR count). The van der Waals surface area contributed by atoms with Crippen LogP contribution in [0.15, 0.2) is 24.8 Å². The highest BCUT2D eigenvalue weighted by Crippen LogP contribution is 2.28. The van der Waals surface area contributed by atoms with Gasteiger partial charge in [-0.05, 0) is 19.8 Å². The lowest BCUT2D eigenvalue weighted by molar-refractivity contribution is 0.466. The molecule has 1 fully saturated rings. The Balaban J connectivity index is 1.57. The van der Waals surface area contributed by atoms with Gasteiger partial charge in [0.05, 0.1) is 24.1 Å². The highest BCUT2D eigenvalue weighted by Gasteiger charge is 2.17. The van der Waals surface area contributed by atoms with Gasteiger partial charge in [-0.2, -0.15) is 10.2 Å². The van der Waals surface area contributed by atoms with E-state index in [1.165, 1.54) is 31.2 Å². The SMILES string of the molecule is CCn1cc(NCc2cnn(C3CCCC3)c2)cn1. The highest BCUT2D eigenvalue weighted by molar-refractivity contribution is 5.38.